The second-order valence-corrected chi connectivity index (χ2v) is 7.91. The van der Waals surface area contributed by atoms with E-state index in [9.17, 15) is 9.59 Å². The van der Waals surface area contributed by atoms with Crippen LogP contribution in [0.25, 0.3) is 11.0 Å². The number of pyridine rings is 1. The maximum atomic E-state index is 12.5. The number of aromatic amines is 1. The summed E-state index contributed by atoms with van der Waals surface area (Å²) in [6.45, 7) is 10.5. The van der Waals surface area contributed by atoms with Crippen molar-refractivity contribution in [2.75, 3.05) is 6.54 Å². The smallest absolute Gasteiger partial charge is 0.273 e. The summed E-state index contributed by atoms with van der Waals surface area (Å²) in [5.74, 6) is 0.421. The second kappa shape index (κ2) is 7.61. The third-order valence-electron chi connectivity index (χ3n) is 4.93. The lowest BCUT2D eigenvalue weighted by molar-refractivity contribution is -0.122. The summed E-state index contributed by atoms with van der Waals surface area (Å²) in [5.41, 5.74) is 8.68. The average Bonchev–Trinajstić information content (AvgIpc) is 2.80. The van der Waals surface area contributed by atoms with Crippen LogP contribution in [0.1, 0.15) is 50.4 Å². The summed E-state index contributed by atoms with van der Waals surface area (Å²) < 4.78 is 1.63. The van der Waals surface area contributed by atoms with Gasteiger partial charge in [0.15, 0.2) is 5.65 Å². The second-order valence-electron chi connectivity index (χ2n) is 7.91. The molecule has 0 aliphatic carbocycles. The van der Waals surface area contributed by atoms with Crippen LogP contribution in [0.4, 0.5) is 0 Å². The number of H-pyrrole nitrogens is 1. The molecule has 0 aliphatic rings. The van der Waals surface area contributed by atoms with Gasteiger partial charge in [0.25, 0.3) is 5.56 Å². The molecule has 0 bridgehead atoms. The standard InChI is InChI=1S/C19H31N5O2/c1-11(2)9-19(5,10-20)22-15(25)8-7-14-12(3)16-17(21-13(14)4)24(6)23-18(16)26/h11H,7-10,20H2,1-6H3,(H,22,25)(H,23,26). The molecule has 2 aromatic heterocycles. The van der Waals surface area contributed by atoms with Crippen molar-refractivity contribution in [3.05, 3.63) is 27.2 Å². The number of amides is 1. The molecule has 4 N–H and O–H groups in total. The number of rotatable bonds is 7. The first-order valence-corrected chi connectivity index (χ1v) is 9.14. The highest BCUT2D eigenvalue weighted by Crippen LogP contribution is 2.21. The van der Waals surface area contributed by atoms with Crippen molar-refractivity contribution in [3.8, 4) is 0 Å². The Hall–Kier alpha value is -2.15. The summed E-state index contributed by atoms with van der Waals surface area (Å²) in [5, 5.41) is 6.42. The Bertz CT molecular complexity index is 865. The van der Waals surface area contributed by atoms with Crippen LogP contribution in [-0.4, -0.2) is 32.8 Å². The summed E-state index contributed by atoms with van der Waals surface area (Å²) >= 11 is 0. The van der Waals surface area contributed by atoms with E-state index in [1.807, 2.05) is 20.8 Å². The molecule has 26 heavy (non-hydrogen) atoms. The van der Waals surface area contributed by atoms with Crippen molar-refractivity contribution in [2.45, 2.75) is 59.4 Å². The zero-order chi connectivity index (χ0) is 19.6. The molecule has 0 fully saturated rings. The van der Waals surface area contributed by atoms with Crippen LogP contribution in [-0.2, 0) is 18.3 Å². The topological polar surface area (TPSA) is 106 Å². The van der Waals surface area contributed by atoms with E-state index in [1.165, 1.54) is 0 Å². The third-order valence-corrected chi connectivity index (χ3v) is 4.93. The molecule has 7 nitrogen and oxygen atoms in total. The Balaban J connectivity index is 2.18. The first kappa shape index (κ1) is 20.2. The molecule has 2 rings (SSSR count). The number of carbonyl (C=O) groups excluding carboxylic acids is 1. The summed E-state index contributed by atoms with van der Waals surface area (Å²) in [6, 6.07) is 0. The van der Waals surface area contributed by atoms with Gasteiger partial charge in [-0.2, -0.15) is 0 Å². The Morgan fingerprint density at radius 3 is 2.62 bits per heavy atom. The minimum absolute atomic E-state index is 0.0283. The van der Waals surface area contributed by atoms with Crippen molar-refractivity contribution in [3.63, 3.8) is 0 Å². The Morgan fingerprint density at radius 2 is 2.04 bits per heavy atom. The van der Waals surface area contributed by atoms with Gasteiger partial charge in [-0.25, -0.2) is 4.98 Å². The van der Waals surface area contributed by atoms with Crippen molar-refractivity contribution in [1.82, 2.24) is 20.1 Å². The van der Waals surface area contributed by atoms with E-state index < -0.39 is 5.54 Å². The molecule has 7 heteroatoms. The highest BCUT2D eigenvalue weighted by Gasteiger charge is 2.26. The molecule has 1 atom stereocenters. The van der Waals surface area contributed by atoms with E-state index >= 15 is 0 Å². The number of nitrogens with zero attached hydrogens (tertiary/aromatic N) is 2. The van der Waals surface area contributed by atoms with Crippen molar-refractivity contribution in [2.24, 2.45) is 18.7 Å². The van der Waals surface area contributed by atoms with E-state index in [1.54, 1.807) is 11.7 Å². The number of aromatic nitrogens is 3. The van der Waals surface area contributed by atoms with E-state index in [2.05, 4.69) is 29.2 Å². The highest BCUT2D eigenvalue weighted by atomic mass is 16.1. The third kappa shape index (κ3) is 4.15. The number of hydrogen-bond donors (Lipinski definition) is 3. The molecule has 0 aromatic carbocycles. The molecule has 0 saturated heterocycles. The highest BCUT2D eigenvalue weighted by molar-refractivity contribution is 5.81. The number of nitrogens with one attached hydrogen (secondary N) is 2. The van der Waals surface area contributed by atoms with E-state index in [-0.39, 0.29) is 11.5 Å². The van der Waals surface area contributed by atoms with Gasteiger partial charge in [0.2, 0.25) is 5.91 Å². The van der Waals surface area contributed by atoms with Crippen LogP contribution in [0.5, 0.6) is 0 Å². The molecule has 0 spiro atoms. The Labute approximate surface area is 154 Å². The zero-order valence-corrected chi connectivity index (χ0v) is 16.7. The maximum Gasteiger partial charge on any atom is 0.273 e. The van der Waals surface area contributed by atoms with Crippen LogP contribution in [0.15, 0.2) is 4.79 Å². The first-order valence-electron chi connectivity index (χ1n) is 9.14. The molecule has 0 saturated carbocycles. The van der Waals surface area contributed by atoms with E-state index in [0.29, 0.717) is 36.3 Å². The molecule has 0 radical (unpaired) electrons. The van der Waals surface area contributed by atoms with Gasteiger partial charge in [-0.05, 0) is 50.7 Å². The first-order chi connectivity index (χ1) is 12.1. The van der Waals surface area contributed by atoms with Crippen molar-refractivity contribution in [1.29, 1.82) is 0 Å². The normalized spacial score (nSPS) is 14.0. The van der Waals surface area contributed by atoms with Gasteiger partial charge in [0, 0.05) is 31.2 Å². The fourth-order valence-corrected chi connectivity index (χ4v) is 3.74. The lowest BCUT2D eigenvalue weighted by Crippen LogP contribution is -2.52. The van der Waals surface area contributed by atoms with Crippen molar-refractivity contribution < 1.29 is 4.79 Å². The van der Waals surface area contributed by atoms with Gasteiger partial charge in [0.05, 0.1) is 5.39 Å². The zero-order valence-electron chi connectivity index (χ0n) is 16.7. The monoisotopic (exact) mass is 361 g/mol. The fraction of sp³-hybridized carbons (Fsp3) is 0.632. The number of nitrogens with two attached hydrogens (primary N) is 1. The number of fused-ring (bicyclic) bond motifs is 1. The van der Waals surface area contributed by atoms with Gasteiger partial charge in [0.1, 0.15) is 0 Å². The molecular formula is C19H31N5O2. The minimum atomic E-state index is -0.395. The van der Waals surface area contributed by atoms with Crippen LogP contribution >= 0.6 is 0 Å². The molecule has 2 heterocycles. The van der Waals surface area contributed by atoms with Crippen LogP contribution in [0.3, 0.4) is 0 Å². The summed E-state index contributed by atoms with van der Waals surface area (Å²) in [6.07, 6.45) is 1.72. The summed E-state index contributed by atoms with van der Waals surface area (Å²) in [7, 11) is 1.77. The number of carbonyl (C=O) groups is 1. The molecule has 0 aliphatic heterocycles. The van der Waals surface area contributed by atoms with Gasteiger partial charge in [-0.3, -0.25) is 19.4 Å². The quantitative estimate of drug-likeness (QED) is 0.698. The van der Waals surface area contributed by atoms with Gasteiger partial charge < -0.3 is 11.1 Å². The SMILES string of the molecule is Cc1nc2c(c(C)c1CCC(=O)NC(C)(CN)CC(C)C)c(=O)[nH]n2C. The molecule has 2 aromatic rings. The Kier molecular flexibility index (Phi) is 5.91. The largest absolute Gasteiger partial charge is 0.350 e. The number of hydrogen-bond acceptors (Lipinski definition) is 4. The van der Waals surface area contributed by atoms with Crippen LogP contribution < -0.4 is 16.6 Å². The van der Waals surface area contributed by atoms with Gasteiger partial charge in [-0.15, -0.1) is 0 Å². The van der Waals surface area contributed by atoms with Crippen LogP contribution in [0, 0.1) is 19.8 Å². The molecule has 144 valence electrons. The predicted octanol–water partition coefficient (Wildman–Crippen LogP) is 1.69. The minimum Gasteiger partial charge on any atom is -0.350 e. The van der Waals surface area contributed by atoms with Crippen LogP contribution in [0.2, 0.25) is 0 Å². The molecular weight excluding hydrogens is 330 g/mol. The molecule has 1 unspecified atom stereocenters. The van der Waals surface area contributed by atoms with E-state index in [4.69, 9.17) is 5.73 Å². The van der Waals surface area contributed by atoms with Crippen molar-refractivity contribution >= 4 is 16.9 Å². The lowest BCUT2D eigenvalue weighted by Gasteiger charge is -2.31. The summed E-state index contributed by atoms with van der Waals surface area (Å²) in [4.78, 5) is 29.2. The number of aryl methyl sites for hydroxylation is 3. The van der Waals surface area contributed by atoms with E-state index in [0.717, 1.165) is 23.2 Å². The average molecular weight is 361 g/mol. The Morgan fingerprint density at radius 1 is 1.38 bits per heavy atom. The predicted molar refractivity (Wildman–Crippen MR) is 104 cm³/mol. The lowest BCUT2D eigenvalue weighted by atomic mass is 9.90. The van der Waals surface area contributed by atoms with Gasteiger partial charge >= 0.3 is 0 Å². The van der Waals surface area contributed by atoms with Gasteiger partial charge in [-0.1, -0.05) is 13.8 Å². The maximum absolute atomic E-state index is 12.5. The fourth-order valence-electron chi connectivity index (χ4n) is 3.74. The molecule has 1 amide bonds.